The standard InChI is InChI=1S/C21H34N4O3S/c1-17-5-4-12-24(16-17)20-8-6-18(7-9-20)15-22-21(26)19-10-13-25(14-11-19)29(27,28)23(2)3/h6-9,17,19H,4-5,10-16H2,1-3H3,(H,22,26). The predicted molar refractivity (Wildman–Crippen MR) is 116 cm³/mol. The molecular weight excluding hydrogens is 388 g/mol. The van der Waals surface area contributed by atoms with E-state index in [9.17, 15) is 13.2 Å². The van der Waals surface area contributed by atoms with E-state index in [1.165, 1.54) is 41.2 Å². The maximum Gasteiger partial charge on any atom is 0.281 e. The summed E-state index contributed by atoms with van der Waals surface area (Å²) in [5.74, 6) is 0.625. The zero-order valence-corrected chi connectivity index (χ0v) is 18.6. The van der Waals surface area contributed by atoms with Crippen molar-refractivity contribution < 1.29 is 13.2 Å². The normalized spacial score (nSPS) is 22.1. The summed E-state index contributed by atoms with van der Waals surface area (Å²) in [6, 6.07) is 8.45. The summed E-state index contributed by atoms with van der Waals surface area (Å²) in [5.41, 5.74) is 2.33. The molecule has 0 spiro atoms. The van der Waals surface area contributed by atoms with E-state index < -0.39 is 10.2 Å². The van der Waals surface area contributed by atoms with Crippen LogP contribution in [0.5, 0.6) is 0 Å². The first-order valence-electron chi connectivity index (χ1n) is 10.6. The Morgan fingerprint density at radius 2 is 1.76 bits per heavy atom. The average molecular weight is 423 g/mol. The summed E-state index contributed by atoms with van der Waals surface area (Å²) in [6.07, 6.45) is 3.67. The summed E-state index contributed by atoms with van der Waals surface area (Å²) in [4.78, 5) is 15.0. The molecule has 3 rings (SSSR count). The van der Waals surface area contributed by atoms with Gasteiger partial charge in [-0.25, -0.2) is 0 Å². The van der Waals surface area contributed by atoms with Crippen molar-refractivity contribution in [1.29, 1.82) is 0 Å². The number of piperidine rings is 2. The second kappa shape index (κ2) is 9.45. The van der Waals surface area contributed by atoms with Gasteiger partial charge >= 0.3 is 0 Å². The zero-order valence-electron chi connectivity index (χ0n) is 17.8. The van der Waals surface area contributed by atoms with Crippen molar-refractivity contribution in [3.63, 3.8) is 0 Å². The third-order valence-corrected chi connectivity index (χ3v) is 7.98. The quantitative estimate of drug-likeness (QED) is 0.762. The first-order valence-corrected chi connectivity index (χ1v) is 12.0. The van der Waals surface area contributed by atoms with E-state index in [2.05, 4.69) is 41.4 Å². The number of carbonyl (C=O) groups excluding carboxylic acids is 1. The lowest BCUT2D eigenvalue weighted by atomic mass is 9.97. The van der Waals surface area contributed by atoms with E-state index in [4.69, 9.17) is 0 Å². The van der Waals surface area contributed by atoms with Crippen molar-refractivity contribution in [2.45, 2.75) is 39.2 Å². The van der Waals surface area contributed by atoms with Crippen LogP contribution in [0.15, 0.2) is 24.3 Å². The number of hydrogen-bond donors (Lipinski definition) is 1. The zero-order chi connectivity index (χ0) is 21.0. The van der Waals surface area contributed by atoms with Gasteiger partial charge in [0.05, 0.1) is 0 Å². The topological polar surface area (TPSA) is 73.0 Å². The molecule has 7 nitrogen and oxygen atoms in total. The highest BCUT2D eigenvalue weighted by atomic mass is 32.2. The third-order valence-electron chi connectivity index (χ3n) is 6.04. The fraction of sp³-hybridized carbons (Fsp3) is 0.667. The molecule has 0 aliphatic carbocycles. The van der Waals surface area contributed by atoms with Crippen LogP contribution in [0.25, 0.3) is 0 Å². The molecule has 1 aromatic rings. The van der Waals surface area contributed by atoms with E-state index in [1.807, 2.05) is 0 Å². The lowest BCUT2D eigenvalue weighted by molar-refractivity contribution is -0.126. The van der Waals surface area contributed by atoms with Crippen LogP contribution in [0, 0.1) is 11.8 Å². The lowest BCUT2D eigenvalue weighted by Gasteiger charge is -2.33. The van der Waals surface area contributed by atoms with Crippen LogP contribution in [0.3, 0.4) is 0 Å². The molecule has 1 N–H and O–H groups in total. The van der Waals surface area contributed by atoms with Crippen LogP contribution in [0.1, 0.15) is 38.2 Å². The number of hydrogen-bond acceptors (Lipinski definition) is 4. The lowest BCUT2D eigenvalue weighted by Crippen LogP contribution is -2.46. The molecule has 8 heteroatoms. The van der Waals surface area contributed by atoms with Crippen molar-refractivity contribution >= 4 is 21.8 Å². The first kappa shape index (κ1) is 22.1. The molecule has 2 aliphatic heterocycles. The van der Waals surface area contributed by atoms with E-state index in [-0.39, 0.29) is 11.8 Å². The smallest absolute Gasteiger partial charge is 0.281 e. The summed E-state index contributed by atoms with van der Waals surface area (Å²) in [5, 5.41) is 3.02. The predicted octanol–water partition coefficient (Wildman–Crippen LogP) is 2.06. The second-order valence-electron chi connectivity index (χ2n) is 8.54. The number of carbonyl (C=O) groups is 1. The minimum Gasteiger partial charge on any atom is -0.371 e. The van der Waals surface area contributed by atoms with Crippen LogP contribution >= 0.6 is 0 Å². The van der Waals surface area contributed by atoms with Gasteiger partial charge in [-0.2, -0.15) is 17.0 Å². The van der Waals surface area contributed by atoms with Gasteiger partial charge in [0.25, 0.3) is 10.2 Å². The van der Waals surface area contributed by atoms with Crippen LogP contribution in [0.2, 0.25) is 0 Å². The van der Waals surface area contributed by atoms with Crippen molar-refractivity contribution in [1.82, 2.24) is 13.9 Å². The molecule has 0 radical (unpaired) electrons. The number of anilines is 1. The summed E-state index contributed by atoms with van der Waals surface area (Å²) in [6.45, 7) is 5.81. The Hall–Kier alpha value is -1.64. The van der Waals surface area contributed by atoms with Gasteiger partial charge < -0.3 is 10.2 Å². The van der Waals surface area contributed by atoms with Gasteiger partial charge in [-0.05, 0) is 49.3 Å². The van der Waals surface area contributed by atoms with Crippen molar-refractivity contribution in [3.8, 4) is 0 Å². The highest BCUT2D eigenvalue weighted by Crippen LogP contribution is 2.24. The number of nitrogens with one attached hydrogen (secondary N) is 1. The molecule has 2 aliphatic rings. The van der Waals surface area contributed by atoms with Crippen molar-refractivity contribution in [2.75, 3.05) is 45.2 Å². The van der Waals surface area contributed by atoms with E-state index in [0.29, 0.717) is 32.5 Å². The van der Waals surface area contributed by atoms with Crippen LogP contribution in [-0.4, -0.2) is 63.2 Å². The molecule has 2 saturated heterocycles. The molecule has 1 atom stereocenters. The van der Waals surface area contributed by atoms with E-state index in [0.717, 1.165) is 24.6 Å². The molecule has 2 fully saturated rings. The fourth-order valence-electron chi connectivity index (χ4n) is 4.16. The summed E-state index contributed by atoms with van der Waals surface area (Å²) < 4.78 is 27.0. The van der Waals surface area contributed by atoms with Gasteiger partial charge in [-0.3, -0.25) is 4.79 Å². The molecule has 29 heavy (non-hydrogen) atoms. The maximum absolute atomic E-state index is 12.5. The van der Waals surface area contributed by atoms with E-state index >= 15 is 0 Å². The highest BCUT2D eigenvalue weighted by Gasteiger charge is 2.32. The largest absolute Gasteiger partial charge is 0.371 e. The van der Waals surface area contributed by atoms with Crippen LogP contribution in [0.4, 0.5) is 5.69 Å². The minimum atomic E-state index is -3.39. The molecule has 1 aromatic carbocycles. The first-order chi connectivity index (χ1) is 13.8. The SMILES string of the molecule is CC1CCCN(c2ccc(CNC(=O)C3CCN(S(=O)(=O)N(C)C)CC3)cc2)C1. The fourth-order valence-corrected chi connectivity index (χ4v) is 5.30. The average Bonchev–Trinajstić information content (AvgIpc) is 2.72. The molecule has 1 unspecified atom stereocenters. The Bertz CT molecular complexity index is 787. The monoisotopic (exact) mass is 422 g/mol. The third kappa shape index (κ3) is 5.49. The molecule has 0 saturated carbocycles. The number of nitrogens with zero attached hydrogens (tertiary/aromatic N) is 3. The van der Waals surface area contributed by atoms with Gasteiger partial charge in [-0.1, -0.05) is 19.1 Å². The molecule has 1 amide bonds. The van der Waals surface area contributed by atoms with Crippen molar-refractivity contribution in [3.05, 3.63) is 29.8 Å². The van der Waals surface area contributed by atoms with Gasteiger partial charge in [0.2, 0.25) is 5.91 Å². The molecular formula is C21H34N4O3S. The molecule has 0 aromatic heterocycles. The second-order valence-corrected chi connectivity index (χ2v) is 10.7. The summed E-state index contributed by atoms with van der Waals surface area (Å²) in [7, 11) is -0.324. The Morgan fingerprint density at radius 1 is 1.10 bits per heavy atom. The Morgan fingerprint density at radius 3 is 2.34 bits per heavy atom. The minimum absolute atomic E-state index is 0.0147. The van der Waals surface area contributed by atoms with Crippen LogP contribution in [-0.2, 0) is 21.5 Å². The highest BCUT2D eigenvalue weighted by molar-refractivity contribution is 7.86. The van der Waals surface area contributed by atoms with E-state index in [1.54, 1.807) is 0 Å². The summed E-state index contributed by atoms with van der Waals surface area (Å²) >= 11 is 0. The van der Waals surface area contributed by atoms with Gasteiger partial charge in [0.1, 0.15) is 0 Å². The van der Waals surface area contributed by atoms with Crippen molar-refractivity contribution in [2.24, 2.45) is 11.8 Å². The maximum atomic E-state index is 12.5. The molecule has 0 bridgehead atoms. The molecule has 162 valence electrons. The van der Waals surface area contributed by atoms with Crippen LogP contribution < -0.4 is 10.2 Å². The number of amides is 1. The Labute approximate surface area is 175 Å². The van der Waals surface area contributed by atoms with Gasteiger partial charge in [-0.15, -0.1) is 0 Å². The van der Waals surface area contributed by atoms with Gasteiger partial charge in [0.15, 0.2) is 0 Å². The Kier molecular flexibility index (Phi) is 7.19. The number of benzene rings is 1. The number of rotatable bonds is 6. The Balaban J connectivity index is 1.46. The van der Waals surface area contributed by atoms with Gasteiger partial charge in [0, 0.05) is 58.4 Å². The molecule has 2 heterocycles.